The Morgan fingerprint density at radius 3 is 2.75 bits per heavy atom. The zero-order valence-electron chi connectivity index (χ0n) is 17.0. The van der Waals surface area contributed by atoms with Gasteiger partial charge in [-0.2, -0.15) is 0 Å². The number of hydrogen-bond acceptors (Lipinski definition) is 5. The number of benzene rings is 1. The summed E-state index contributed by atoms with van der Waals surface area (Å²) in [5, 5.41) is 6.70. The van der Waals surface area contributed by atoms with E-state index in [4.69, 9.17) is 4.74 Å². The van der Waals surface area contributed by atoms with Crippen molar-refractivity contribution in [3.63, 3.8) is 0 Å². The number of amides is 1. The van der Waals surface area contributed by atoms with Gasteiger partial charge in [-0.3, -0.25) is 4.79 Å². The van der Waals surface area contributed by atoms with E-state index in [0.717, 1.165) is 30.5 Å². The van der Waals surface area contributed by atoms with Crippen LogP contribution >= 0.6 is 11.3 Å². The summed E-state index contributed by atoms with van der Waals surface area (Å²) in [6.45, 7) is 8.58. The Morgan fingerprint density at radius 2 is 2.04 bits per heavy atom. The Kier molecular flexibility index (Phi) is 6.39. The second kappa shape index (κ2) is 8.78. The lowest BCUT2D eigenvalue weighted by Crippen LogP contribution is -2.22. The Morgan fingerprint density at radius 1 is 1.25 bits per heavy atom. The molecule has 1 atom stereocenters. The quantitative estimate of drug-likeness (QED) is 0.689. The van der Waals surface area contributed by atoms with Gasteiger partial charge in [-0.25, -0.2) is 4.79 Å². The summed E-state index contributed by atoms with van der Waals surface area (Å²) in [6, 6.07) is 6.02. The normalized spacial score (nSPS) is 15.6. The SMILES string of the molecule is CCOC(=O)c1c(NC(=O)CNc2ccc(C)c(C)c2)sc2c1CC[C@H](C)C2. The highest BCUT2D eigenvalue weighted by atomic mass is 32.1. The van der Waals surface area contributed by atoms with Crippen LogP contribution in [0.2, 0.25) is 0 Å². The monoisotopic (exact) mass is 400 g/mol. The van der Waals surface area contributed by atoms with Crippen molar-refractivity contribution in [1.29, 1.82) is 0 Å². The molecule has 1 aliphatic rings. The van der Waals surface area contributed by atoms with Gasteiger partial charge >= 0.3 is 5.97 Å². The summed E-state index contributed by atoms with van der Waals surface area (Å²) in [7, 11) is 0. The van der Waals surface area contributed by atoms with Crippen molar-refractivity contribution in [1.82, 2.24) is 0 Å². The van der Waals surface area contributed by atoms with E-state index in [2.05, 4.69) is 24.5 Å². The van der Waals surface area contributed by atoms with Crippen LogP contribution in [0.5, 0.6) is 0 Å². The molecular formula is C22H28N2O3S. The van der Waals surface area contributed by atoms with Gasteiger partial charge in [0.05, 0.1) is 18.7 Å². The van der Waals surface area contributed by atoms with E-state index in [9.17, 15) is 9.59 Å². The van der Waals surface area contributed by atoms with Crippen LogP contribution in [0.4, 0.5) is 10.7 Å². The van der Waals surface area contributed by atoms with Crippen molar-refractivity contribution in [3.05, 3.63) is 45.3 Å². The van der Waals surface area contributed by atoms with Gasteiger partial charge < -0.3 is 15.4 Å². The minimum atomic E-state index is -0.341. The second-order valence-electron chi connectivity index (χ2n) is 7.48. The highest BCUT2D eigenvalue weighted by Gasteiger charge is 2.29. The van der Waals surface area contributed by atoms with Crippen molar-refractivity contribution in [2.45, 2.75) is 47.0 Å². The van der Waals surface area contributed by atoms with Crippen LogP contribution in [-0.4, -0.2) is 25.0 Å². The van der Waals surface area contributed by atoms with E-state index < -0.39 is 0 Å². The Bertz CT molecular complexity index is 888. The molecule has 2 aromatic rings. The molecule has 2 N–H and O–H groups in total. The molecule has 150 valence electrons. The molecule has 0 spiro atoms. The maximum atomic E-state index is 12.5. The first-order chi connectivity index (χ1) is 13.4. The maximum absolute atomic E-state index is 12.5. The predicted octanol–water partition coefficient (Wildman–Crippen LogP) is 4.72. The third-order valence-corrected chi connectivity index (χ3v) is 6.37. The van der Waals surface area contributed by atoms with Crippen LogP contribution in [-0.2, 0) is 22.4 Å². The van der Waals surface area contributed by atoms with E-state index in [1.54, 1.807) is 6.92 Å². The molecule has 3 rings (SSSR count). The van der Waals surface area contributed by atoms with Gasteiger partial charge in [-0.15, -0.1) is 11.3 Å². The molecule has 5 nitrogen and oxygen atoms in total. The zero-order valence-corrected chi connectivity index (χ0v) is 17.8. The molecule has 0 saturated heterocycles. The van der Waals surface area contributed by atoms with Crippen molar-refractivity contribution in [3.8, 4) is 0 Å². The summed E-state index contributed by atoms with van der Waals surface area (Å²) in [5.41, 5.74) is 4.90. The summed E-state index contributed by atoms with van der Waals surface area (Å²) in [5.74, 6) is 0.0820. The molecule has 1 amide bonds. The van der Waals surface area contributed by atoms with Crippen molar-refractivity contribution in [2.24, 2.45) is 5.92 Å². The fourth-order valence-electron chi connectivity index (χ4n) is 3.46. The highest BCUT2D eigenvalue weighted by molar-refractivity contribution is 7.17. The Balaban J connectivity index is 1.74. The largest absolute Gasteiger partial charge is 0.462 e. The summed E-state index contributed by atoms with van der Waals surface area (Å²) in [6.07, 6.45) is 2.86. The number of fused-ring (bicyclic) bond motifs is 1. The van der Waals surface area contributed by atoms with Crippen molar-refractivity contribution in [2.75, 3.05) is 23.8 Å². The number of esters is 1. The molecule has 6 heteroatoms. The molecule has 1 aromatic heterocycles. The molecule has 1 aromatic carbocycles. The summed E-state index contributed by atoms with van der Waals surface area (Å²) in [4.78, 5) is 26.3. The van der Waals surface area contributed by atoms with E-state index in [1.807, 2.05) is 25.1 Å². The lowest BCUT2D eigenvalue weighted by molar-refractivity contribution is -0.114. The molecule has 0 radical (unpaired) electrons. The fourth-order valence-corrected chi connectivity index (χ4v) is 4.88. The van der Waals surface area contributed by atoms with Gasteiger partial charge in [0.1, 0.15) is 5.00 Å². The van der Waals surface area contributed by atoms with Gasteiger partial charge in [-0.05, 0) is 74.8 Å². The van der Waals surface area contributed by atoms with Crippen LogP contribution < -0.4 is 10.6 Å². The molecular weight excluding hydrogens is 372 g/mol. The minimum Gasteiger partial charge on any atom is -0.462 e. The van der Waals surface area contributed by atoms with Gasteiger partial charge in [0.15, 0.2) is 0 Å². The first-order valence-electron chi connectivity index (χ1n) is 9.81. The van der Waals surface area contributed by atoms with Gasteiger partial charge in [0, 0.05) is 10.6 Å². The van der Waals surface area contributed by atoms with Crippen LogP contribution in [0, 0.1) is 19.8 Å². The van der Waals surface area contributed by atoms with Crippen LogP contribution in [0.25, 0.3) is 0 Å². The number of anilines is 2. The maximum Gasteiger partial charge on any atom is 0.341 e. The van der Waals surface area contributed by atoms with Crippen LogP contribution in [0.15, 0.2) is 18.2 Å². The average molecular weight is 401 g/mol. The van der Waals surface area contributed by atoms with E-state index in [-0.39, 0.29) is 18.4 Å². The molecule has 1 heterocycles. The first-order valence-corrected chi connectivity index (χ1v) is 10.6. The Labute approximate surface area is 170 Å². The lowest BCUT2D eigenvalue weighted by atomic mass is 9.88. The van der Waals surface area contributed by atoms with Crippen LogP contribution in [0.1, 0.15) is 52.2 Å². The number of carbonyl (C=O) groups excluding carboxylic acids is 2. The number of nitrogens with one attached hydrogen (secondary N) is 2. The summed E-state index contributed by atoms with van der Waals surface area (Å²) >= 11 is 1.51. The average Bonchev–Trinajstić information content (AvgIpc) is 2.99. The zero-order chi connectivity index (χ0) is 20.3. The third-order valence-electron chi connectivity index (χ3n) is 5.20. The number of ether oxygens (including phenoxy) is 1. The number of thiophene rings is 1. The van der Waals surface area contributed by atoms with E-state index >= 15 is 0 Å². The summed E-state index contributed by atoms with van der Waals surface area (Å²) < 4.78 is 5.26. The van der Waals surface area contributed by atoms with Crippen molar-refractivity contribution >= 4 is 33.9 Å². The standard InChI is InChI=1S/C22H28N2O3S/c1-5-27-22(26)20-17-9-6-13(2)10-18(17)28-21(20)24-19(25)12-23-16-8-7-14(3)15(4)11-16/h7-8,11,13,23H,5-6,9-10,12H2,1-4H3,(H,24,25)/t13-/m0/s1. The second-order valence-corrected chi connectivity index (χ2v) is 8.58. The van der Waals surface area contributed by atoms with Gasteiger partial charge in [-0.1, -0.05) is 13.0 Å². The van der Waals surface area contributed by atoms with E-state index in [1.165, 1.54) is 27.3 Å². The predicted molar refractivity (Wildman–Crippen MR) is 114 cm³/mol. The number of carbonyl (C=O) groups is 2. The molecule has 1 aliphatic carbocycles. The third kappa shape index (κ3) is 4.55. The minimum absolute atomic E-state index is 0.143. The topological polar surface area (TPSA) is 67.4 Å². The smallest absolute Gasteiger partial charge is 0.341 e. The van der Waals surface area contributed by atoms with Crippen molar-refractivity contribution < 1.29 is 14.3 Å². The molecule has 0 bridgehead atoms. The number of rotatable bonds is 6. The van der Waals surface area contributed by atoms with Gasteiger partial charge in [0.2, 0.25) is 5.91 Å². The number of hydrogen-bond donors (Lipinski definition) is 2. The molecule has 0 saturated carbocycles. The van der Waals surface area contributed by atoms with Crippen LogP contribution in [0.3, 0.4) is 0 Å². The van der Waals surface area contributed by atoms with E-state index in [0.29, 0.717) is 23.1 Å². The highest BCUT2D eigenvalue weighted by Crippen LogP contribution is 2.40. The fraction of sp³-hybridized carbons (Fsp3) is 0.455. The lowest BCUT2D eigenvalue weighted by Gasteiger charge is -2.18. The molecule has 0 fully saturated rings. The molecule has 28 heavy (non-hydrogen) atoms. The Hall–Kier alpha value is -2.34. The molecule has 0 aliphatic heterocycles. The first kappa shape index (κ1) is 20.4. The van der Waals surface area contributed by atoms with Gasteiger partial charge in [0.25, 0.3) is 0 Å². The number of aryl methyl sites for hydroxylation is 2. The molecule has 0 unspecified atom stereocenters.